The third kappa shape index (κ3) is 3.44. The highest BCUT2D eigenvalue weighted by Crippen LogP contribution is 2.42. The predicted molar refractivity (Wildman–Crippen MR) is 113 cm³/mol. The second-order valence-corrected chi connectivity index (χ2v) is 8.14. The van der Waals surface area contributed by atoms with E-state index in [-0.39, 0.29) is 24.0 Å². The number of H-pyrrole nitrogens is 1. The lowest BCUT2D eigenvalue weighted by Gasteiger charge is -2.33. The molecule has 3 aromatic rings. The molecule has 31 heavy (non-hydrogen) atoms. The van der Waals surface area contributed by atoms with Gasteiger partial charge in [-0.25, -0.2) is 8.78 Å². The summed E-state index contributed by atoms with van der Waals surface area (Å²) in [6.07, 6.45) is 4.32. The summed E-state index contributed by atoms with van der Waals surface area (Å²) >= 11 is 0. The number of rotatable bonds is 3. The van der Waals surface area contributed by atoms with Gasteiger partial charge in [0.1, 0.15) is 11.4 Å². The van der Waals surface area contributed by atoms with Gasteiger partial charge in [-0.05, 0) is 25.0 Å². The van der Waals surface area contributed by atoms with Crippen molar-refractivity contribution in [2.75, 3.05) is 36.9 Å². The van der Waals surface area contributed by atoms with Crippen molar-refractivity contribution < 1.29 is 13.5 Å². The highest BCUT2D eigenvalue weighted by atomic mass is 19.3. The molecule has 0 amide bonds. The van der Waals surface area contributed by atoms with E-state index in [9.17, 15) is 13.6 Å². The van der Waals surface area contributed by atoms with Crippen LogP contribution < -0.4 is 16.2 Å². The number of nitrogens with one attached hydrogen (secondary N) is 1. The number of pyridine rings is 2. The molecular formula is C21H24F2N6O2. The fourth-order valence-electron chi connectivity index (χ4n) is 4.56. The smallest absolute Gasteiger partial charge is 0.268 e. The molecule has 1 saturated carbocycles. The van der Waals surface area contributed by atoms with E-state index in [4.69, 9.17) is 10.5 Å². The highest BCUT2D eigenvalue weighted by molar-refractivity contribution is 5.97. The van der Waals surface area contributed by atoms with Crippen LogP contribution in [0.15, 0.2) is 29.3 Å². The Labute approximate surface area is 177 Å². The second-order valence-electron chi connectivity index (χ2n) is 8.14. The monoisotopic (exact) mass is 430 g/mol. The molecule has 3 aromatic heterocycles. The fraction of sp³-hybridized carbons (Fsp3) is 0.476. The molecule has 0 aromatic carbocycles. The van der Waals surface area contributed by atoms with E-state index in [0.717, 1.165) is 23.3 Å². The molecule has 5 rings (SSSR count). The lowest BCUT2D eigenvalue weighted by Crippen LogP contribution is -2.39. The van der Waals surface area contributed by atoms with Crippen LogP contribution in [0, 0.1) is 0 Å². The zero-order valence-corrected chi connectivity index (χ0v) is 17.0. The van der Waals surface area contributed by atoms with Gasteiger partial charge in [-0.15, -0.1) is 0 Å². The molecule has 0 radical (unpaired) electrons. The standard InChI is InChI=1S/C21H24F2N6O2/c22-21(23)6-2-1-3-16(21)29-12-14(18-17(20(29)30)19(24)27-26-18)15-5-4-13(11-25-15)28-7-9-31-10-8-28/h4-5,11-12,16H,1-3,6-10H2,(H3,24,26,27). The van der Waals surface area contributed by atoms with Gasteiger partial charge in [-0.3, -0.25) is 14.9 Å². The van der Waals surface area contributed by atoms with Crippen LogP contribution in [0.2, 0.25) is 0 Å². The highest BCUT2D eigenvalue weighted by Gasteiger charge is 2.43. The lowest BCUT2D eigenvalue weighted by molar-refractivity contribution is -0.0789. The molecule has 0 bridgehead atoms. The number of hydrogen-bond acceptors (Lipinski definition) is 6. The Bertz CT molecular complexity index is 1150. The van der Waals surface area contributed by atoms with Gasteiger partial charge < -0.3 is 19.9 Å². The first-order valence-corrected chi connectivity index (χ1v) is 10.5. The van der Waals surface area contributed by atoms with Crippen molar-refractivity contribution >= 4 is 22.4 Å². The average Bonchev–Trinajstić information content (AvgIpc) is 3.17. The van der Waals surface area contributed by atoms with Crippen molar-refractivity contribution in [3.05, 3.63) is 34.9 Å². The molecule has 2 fully saturated rings. The summed E-state index contributed by atoms with van der Waals surface area (Å²) in [5.41, 5.74) is 7.82. The number of fused-ring (bicyclic) bond motifs is 1. The molecular weight excluding hydrogens is 406 g/mol. The molecule has 164 valence electrons. The molecule has 8 nitrogen and oxygen atoms in total. The van der Waals surface area contributed by atoms with E-state index in [2.05, 4.69) is 20.1 Å². The first-order valence-electron chi connectivity index (χ1n) is 10.5. The molecule has 2 aliphatic rings. The number of halogens is 2. The van der Waals surface area contributed by atoms with Gasteiger partial charge in [0.25, 0.3) is 11.5 Å². The van der Waals surface area contributed by atoms with Gasteiger partial charge in [0.2, 0.25) is 0 Å². The van der Waals surface area contributed by atoms with Gasteiger partial charge in [0.15, 0.2) is 5.82 Å². The normalized spacial score (nSPS) is 21.5. The minimum atomic E-state index is -2.96. The summed E-state index contributed by atoms with van der Waals surface area (Å²) in [5, 5.41) is 6.86. The van der Waals surface area contributed by atoms with Crippen LogP contribution in [-0.4, -0.2) is 52.0 Å². The zero-order valence-electron chi connectivity index (χ0n) is 17.0. The third-order valence-electron chi connectivity index (χ3n) is 6.24. The van der Waals surface area contributed by atoms with E-state index >= 15 is 0 Å². The first kappa shape index (κ1) is 19.9. The predicted octanol–water partition coefficient (Wildman–Crippen LogP) is 2.96. The number of anilines is 2. The molecule has 1 aliphatic heterocycles. The number of ether oxygens (including phenoxy) is 1. The fourth-order valence-corrected chi connectivity index (χ4v) is 4.56. The molecule has 1 aliphatic carbocycles. The van der Waals surface area contributed by atoms with Crippen molar-refractivity contribution in [2.24, 2.45) is 0 Å². The Morgan fingerprint density at radius 1 is 1.23 bits per heavy atom. The van der Waals surface area contributed by atoms with E-state index < -0.39 is 17.5 Å². The third-order valence-corrected chi connectivity index (χ3v) is 6.24. The first-order chi connectivity index (χ1) is 15.0. The molecule has 10 heteroatoms. The van der Waals surface area contributed by atoms with Crippen molar-refractivity contribution in [1.82, 2.24) is 19.7 Å². The van der Waals surface area contributed by atoms with Gasteiger partial charge in [-0.2, -0.15) is 5.10 Å². The van der Waals surface area contributed by atoms with Crippen molar-refractivity contribution in [3.8, 4) is 11.3 Å². The van der Waals surface area contributed by atoms with Crippen molar-refractivity contribution in [1.29, 1.82) is 0 Å². The van der Waals surface area contributed by atoms with Gasteiger partial charge in [0.05, 0.1) is 36.3 Å². The lowest BCUT2D eigenvalue weighted by atomic mass is 9.91. The summed E-state index contributed by atoms with van der Waals surface area (Å²) in [7, 11) is 0. The largest absolute Gasteiger partial charge is 0.382 e. The topological polar surface area (TPSA) is 102 Å². The summed E-state index contributed by atoms with van der Waals surface area (Å²) < 4.78 is 35.9. The Balaban J connectivity index is 1.61. The Morgan fingerprint density at radius 3 is 2.74 bits per heavy atom. The maximum absolute atomic E-state index is 14.7. The van der Waals surface area contributed by atoms with Gasteiger partial charge in [-0.1, -0.05) is 6.42 Å². The summed E-state index contributed by atoms with van der Waals surface area (Å²) in [5.74, 6) is -2.96. The number of nitrogens with two attached hydrogens (primary N) is 1. The number of aromatic amines is 1. The van der Waals surface area contributed by atoms with Crippen LogP contribution in [0.4, 0.5) is 20.3 Å². The number of alkyl halides is 2. The van der Waals surface area contributed by atoms with Crippen LogP contribution in [0.1, 0.15) is 31.7 Å². The molecule has 1 atom stereocenters. The van der Waals surface area contributed by atoms with Crippen molar-refractivity contribution in [3.63, 3.8) is 0 Å². The number of nitrogens with zero attached hydrogens (tertiary/aromatic N) is 4. The Morgan fingerprint density at radius 2 is 2.03 bits per heavy atom. The quantitative estimate of drug-likeness (QED) is 0.662. The number of nitrogen functional groups attached to an aromatic ring is 1. The van der Waals surface area contributed by atoms with Crippen molar-refractivity contribution in [2.45, 2.75) is 37.6 Å². The summed E-state index contributed by atoms with van der Waals surface area (Å²) in [6, 6.07) is 2.55. The van der Waals surface area contributed by atoms with Crippen LogP contribution in [0.5, 0.6) is 0 Å². The van der Waals surface area contributed by atoms with Crippen LogP contribution in [0.3, 0.4) is 0 Å². The maximum atomic E-state index is 14.7. The Kier molecular flexibility index (Phi) is 4.88. The number of aromatic nitrogens is 4. The number of morpholine rings is 1. The van der Waals surface area contributed by atoms with Crippen LogP contribution >= 0.6 is 0 Å². The number of hydrogen-bond donors (Lipinski definition) is 2. The molecule has 4 heterocycles. The van der Waals surface area contributed by atoms with Gasteiger partial charge >= 0.3 is 0 Å². The Hall–Kier alpha value is -3.01. The molecule has 1 saturated heterocycles. The minimum absolute atomic E-state index is 0.000312. The van der Waals surface area contributed by atoms with Gasteiger partial charge in [0, 0.05) is 31.3 Å². The summed E-state index contributed by atoms with van der Waals surface area (Å²) in [4.78, 5) is 19.8. The minimum Gasteiger partial charge on any atom is -0.382 e. The molecule has 3 N–H and O–H groups in total. The van der Waals surface area contributed by atoms with Crippen LogP contribution in [-0.2, 0) is 4.74 Å². The van der Waals surface area contributed by atoms with Crippen LogP contribution in [0.25, 0.3) is 22.2 Å². The average molecular weight is 430 g/mol. The van der Waals surface area contributed by atoms with E-state index in [1.165, 1.54) is 6.20 Å². The van der Waals surface area contributed by atoms with E-state index in [0.29, 0.717) is 42.8 Å². The maximum Gasteiger partial charge on any atom is 0.268 e. The molecule has 0 spiro atoms. The van der Waals surface area contributed by atoms with E-state index in [1.807, 2.05) is 12.1 Å². The SMILES string of the molecule is Nc1n[nH]c2c(-c3ccc(N4CCOCC4)cn3)cn(C3CCCCC3(F)F)c(=O)c12. The summed E-state index contributed by atoms with van der Waals surface area (Å²) in [6.45, 7) is 2.89. The van der Waals surface area contributed by atoms with E-state index in [1.54, 1.807) is 6.20 Å². The second kappa shape index (κ2) is 7.60. The zero-order chi connectivity index (χ0) is 21.6. The molecule has 1 unspecified atom stereocenters.